The zero-order chi connectivity index (χ0) is 19.9. The van der Waals surface area contributed by atoms with Crippen LogP contribution in [0.1, 0.15) is 5.56 Å². The number of halogens is 2. The Kier molecular flexibility index (Phi) is 6.22. The Morgan fingerprint density at radius 2 is 2.07 bits per heavy atom. The summed E-state index contributed by atoms with van der Waals surface area (Å²) in [5.41, 5.74) is 1.23. The van der Waals surface area contributed by atoms with Crippen LogP contribution in [0, 0.1) is 0 Å². The molecule has 3 aromatic rings. The van der Waals surface area contributed by atoms with E-state index in [4.69, 9.17) is 4.74 Å². The average Bonchev–Trinajstić information content (AvgIpc) is 3.16. The van der Waals surface area contributed by atoms with E-state index in [2.05, 4.69) is 25.2 Å². The number of hydrogen-bond acceptors (Lipinski definition) is 7. The fourth-order valence-corrected chi connectivity index (χ4v) is 2.89. The third kappa shape index (κ3) is 5.07. The topological polar surface area (TPSA) is 86.2 Å². The lowest BCUT2D eigenvalue weighted by Crippen LogP contribution is -2.07. The molecule has 0 bridgehead atoms. The number of nitrogens with zero attached hydrogens (tertiary/aromatic N) is 3. The molecule has 0 saturated carbocycles. The molecule has 7 nitrogen and oxygen atoms in total. The van der Waals surface area contributed by atoms with Crippen molar-refractivity contribution in [3.63, 3.8) is 0 Å². The molecule has 10 heteroatoms. The van der Waals surface area contributed by atoms with E-state index < -0.39 is 12.5 Å². The van der Waals surface area contributed by atoms with Gasteiger partial charge < -0.3 is 9.47 Å². The number of alkyl halides is 2. The van der Waals surface area contributed by atoms with Gasteiger partial charge in [0.25, 0.3) is 0 Å². The first-order valence-corrected chi connectivity index (χ1v) is 8.73. The van der Waals surface area contributed by atoms with Gasteiger partial charge in [-0.05, 0) is 35.9 Å². The number of aromatic nitrogens is 3. The largest absolute Gasteiger partial charge is 0.493 e. The van der Waals surface area contributed by atoms with Crippen LogP contribution in [-0.2, 0) is 4.79 Å². The summed E-state index contributed by atoms with van der Waals surface area (Å²) in [6.45, 7) is -2.95. The third-order valence-corrected chi connectivity index (χ3v) is 4.23. The first kappa shape index (κ1) is 19.4. The van der Waals surface area contributed by atoms with Gasteiger partial charge in [-0.15, -0.1) is 10.2 Å². The van der Waals surface area contributed by atoms with Crippen molar-refractivity contribution in [2.75, 3.05) is 12.4 Å². The number of amides is 1. The Morgan fingerprint density at radius 1 is 1.21 bits per heavy atom. The normalized spacial score (nSPS) is 11.0. The van der Waals surface area contributed by atoms with Gasteiger partial charge in [-0.1, -0.05) is 23.5 Å². The molecule has 1 aromatic carbocycles. The second-order valence-electron chi connectivity index (χ2n) is 5.24. The maximum Gasteiger partial charge on any atom is 0.387 e. The van der Waals surface area contributed by atoms with E-state index in [-0.39, 0.29) is 11.5 Å². The van der Waals surface area contributed by atoms with Crippen LogP contribution in [0.5, 0.6) is 11.5 Å². The van der Waals surface area contributed by atoms with E-state index in [1.165, 1.54) is 48.8 Å². The van der Waals surface area contributed by atoms with Crippen molar-refractivity contribution in [3.8, 4) is 22.2 Å². The fraction of sp³-hybridized carbons (Fsp3) is 0.111. The number of anilines is 1. The van der Waals surface area contributed by atoms with Crippen molar-refractivity contribution in [3.05, 3.63) is 54.2 Å². The van der Waals surface area contributed by atoms with Crippen LogP contribution in [0.2, 0.25) is 0 Å². The number of carbonyl (C=O) groups excluding carboxylic acids is 1. The minimum Gasteiger partial charge on any atom is -0.493 e. The lowest BCUT2D eigenvalue weighted by Gasteiger charge is -2.10. The minimum absolute atomic E-state index is 0.0880. The molecule has 2 heterocycles. The van der Waals surface area contributed by atoms with Crippen LogP contribution in [0.4, 0.5) is 13.9 Å². The number of benzene rings is 1. The van der Waals surface area contributed by atoms with Gasteiger partial charge in [0.1, 0.15) is 5.69 Å². The van der Waals surface area contributed by atoms with E-state index in [0.29, 0.717) is 21.4 Å². The van der Waals surface area contributed by atoms with Gasteiger partial charge in [-0.2, -0.15) is 8.78 Å². The average molecular weight is 404 g/mol. The summed E-state index contributed by atoms with van der Waals surface area (Å²) in [4.78, 5) is 16.2. The molecule has 0 radical (unpaired) electrons. The lowest BCUT2D eigenvalue weighted by molar-refractivity contribution is -0.111. The van der Waals surface area contributed by atoms with Gasteiger partial charge in [-0.25, -0.2) is 0 Å². The summed E-state index contributed by atoms with van der Waals surface area (Å²) in [5, 5.41) is 11.4. The molecule has 28 heavy (non-hydrogen) atoms. The SMILES string of the molecule is COc1cc(/C=C/C(=O)Nc2nnc(-c3ccccn3)s2)ccc1OC(F)F. The van der Waals surface area contributed by atoms with Gasteiger partial charge in [0.2, 0.25) is 11.0 Å². The Morgan fingerprint density at radius 3 is 2.79 bits per heavy atom. The molecule has 0 aliphatic rings. The molecule has 0 aliphatic carbocycles. The standard InChI is InChI=1S/C18H14F2N4O3S/c1-26-14-10-11(5-7-13(14)27-17(19)20)6-8-15(25)22-18-24-23-16(28-18)12-4-2-3-9-21-12/h2-10,17H,1H3,(H,22,24,25)/b8-6+. The number of hydrogen-bond donors (Lipinski definition) is 1. The Labute approximate surface area is 162 Å². The fourth-order valence-electron chi connectivity index (χ4n) is 2.17. The minimum atomic E-state index is -2.95. The zero-order valence-corrected chi connectivity index (χ0v) is 15.3. The second kappa shape index (κ2) is 9.00. The number of methoxy groups -OCH3 is 1. The van der Waals surface area contributed by atoms with Gasteiger partial charge in [0.15, 0.2) is 16.5 Å². The number of carbonyl (C=O) groups is 1. The summed E-state index contributed by atoms with van der Waals surface area (Å²) in [5.74, 6) is -0.377. The van der Waals surface area contributed by atoms with Crippen LogP contribution in [0.3, 0.4) is 0 Å². The van der Waals surface area contributed by atoms with E-state index in [9.17, 15) is 13.6 Å². The molecule has 0 saturated heterocycles. The lowest BCUT2D eigenvalue weighted by atomic mass is 10.2. The van der Waals surface area contributed by atoms with Crippen molar-refractivity contribution in [2.45, 2.75) is 6.61 Å². The van der Waals surface area contributed by atoms with E-state index in [1.807, 2.05) is 6.07 Å². The van der Waals surface area contributed by atoms with Crippen molar-refractivity contribution in [1.29, 1.82) is 0 Å². The summed E-state index contributed by atoms with van der Waals surface area (Å²) in [6, 6.07) is 9.75. The molecule has 0 spiro atoms. The Balaban J connectivity index is 1.65. The van der Waals surface area contributed by atoms with E-state index >= 15 is 0 Å². The summed E-state index contributed by atoms with van der Waals surface area (Å²) < 4.78 is 34.1. The van der Waals surface area contributed by atoms with Gasteiger partial charge >= 0.3 is 6.61 Å². The highest BCUT2D eigenvalue weighted by Crippen LogP contribution is 2.30. The molecule has 0 fully saturated rings. The van der Waals surface area contributed by atoms with E-state index in [0.717, 1.165) is 0 Å². The third-order valence-electron chi connectivity index (χ3n) is 3.37. The van der Waals surface area contributed by atoms with Crippen molar-refractivity contribution in [1.82, 2.24) is 15.2 Å². The van der Waals surface area contributed by atoms with Gasteiger partial charge in [0, 0.05) is 12.3 Å². The molecule has 3 rings (SSSR count). The summed E-state index contributed by atoms with van der Waals surface area (Å²) in [7, 11) is 1.34. The smallest absolute Gasteiger partial charge is 0.387 e. The van der Waals surface area contributed by atoms with Gasteiger partial charge in [-0.3, -0.25) is 15.1 Å². The quantitative estimate of drug-likeness (QED) is 0.602. The maximum absolute atomic E-state index is 12.3. The first-order chi connectivity index (χ1) is 13.5. The highest BCUT2D eigenvalue weighted by molar-refractivity contribution is 7.18. The van der Waals surface area contributed by atoms with Crippen LogP contribution in [0.15, 0.2) is 48.7 Å². The molecule has 0 atom stereocenters. The second-order valence-corrected chi connectivity index (χ2v) is 6.22. The highest BCUT2D eigenvalue weighted by Gasteiger charge is 2.11. The summed E-state index contributed by atoms with van der Waals surface area (Å²) in [6.07, 6.45) is 4.43. The van der Waals surface area contributed by atoms with Crippen molar-refractivity contribution < 1.29 is 23.0 Å². The molecule has 1 amide bonds. The number of rotatable bonds is 7. The number of nitrogens with one attached hydrogen (secondary N) is 1. The van der Waals surface area contributed by atoms with Crippen LogP contribution >= 0.6 is 11.3 Å². The number of ether oxygens (including phenoxy) is 2. The summed E-state index contributed by atoms with van der Waals surface area (Å²) >= 11 is 1.19. The highest BCUT2D eigenvalue weighted by atomic mass is 32.1. The van der Waals surface area contributed by atoms with Crippen LogP contribution < -0.4 is 14.8 Å². The molecule has 0 unspecified atom stereocenters. The molecule has 1 N–H and O–H groups in total. The predicted molar refractivity (Wildman–Crippen MR) is 100 cm³/mol. The monoisotopic (exact) mass is 404 g/mol. The van der Waals surface area contributed by atoms with Crippen molar-refractivity contribution >= 4 is 28.5 Å². The number of pyridine rings is 1. The molecular formula is C18H14F2N4O3S. The molecular weight excluding hydrogens is 390 g/mol. The van der Waals surface area contributed by atoms with Crippen LogP contribution in [0.25, 0.3) is 16.8 Å². The Bertz CT molecular complexity index is 980. The maximum atomic E-state index is 12.3. The molecule has 0 aliphatic heterocycles. The van der Waals surface area contributed by atoms with Crippen LogP contribution in [-0.4, -0.2) is 34.8 Å². The Hall–Kier alpha value is -3.40. The zero-order valence-electron chi connectivity index (χ0n) is 14.5. The molecule has 144 valence electrons. The first-order valence-electron chi connectivity index (χ1n) is 7.92. The predicted octanol–water partition coefficient (Wildman–Crippen LogP) is 3.86. The molecule has 2 aromatic heterocycles. The van der Waals surface area contributed by atoms with E-state index in [1.54, 1.807) is 18.3 Å². The van der Waals surface area contributed by atoms with Crippen molar-refractivity contribution in [2.24, 2.45) is 0 Å². The van der Waals surface area contributed by atoms with Gasteiger partial charge in [0.05, 0.1) is 7.11 Å².